The van der Waals surface area contributed by atoms with Crippen molar-refractivity contribution in [3.63, 3.8) is 0 Å². The molecule has 13 atom stereocenters. The van der Waals surface area contributed by atoms with Gasteiger partial charge in [-0.2, -0.15) is 49.7 Å². The lowest BCUT2D eigenvalue weighted by Crippen LogP contribution is -2.34. The third-order valence-corrected chi connectivity index (χ3v) is 18.2. The number of benzene rings is 2. The van der Waals surface area contributed by atoms with Gasteiger partial charge in [0.15, 0.2) is 11.4 Å². The number of nitrogens with two attached hydrogens (primary N) is 1. The number of ketones is 3. The minimum absolute atomic E-state index is 0.0591. The van der Waals surface area contributed by atoms with Crippen LogP contribution in [0.3, 0.4) is 0 Å². The maximum Gasteiger partial charge on any atom is 0.450 e. The predicted octanol–water partition coefficient (Wildman–Crippen LogP) is 11.0. The third-order valence-electron chi connectivity index (χ3n) is 18.2. The van der Waals surface area contributed by atoms with Crippen LogP contribution in [0.4, 0.5) is 52.7 Å². The molecule has 0 aliphatic heterocycles. The van der Waals surface area contributed by atoms with Crippen molar-refractivity contribution in [3.05, 3.63) is 123 Å². The van der Waals surface area contributed by atoms with Crippen LogP contribution in [0.5, 0.6) is 0 Å². The molecular weight excluding hydrogens is 1240 g/mol. The number of ether oxygens (including phenoxy) is 1. The molecule has 0 saturated heterocycles. The van der Waals surface area contributed by atoms with Crippen LogP contribution in [0, 0.1) is 70.7 Å². The number of Topliss-reactive ketones (excluding diaryl/α,β-unsaturated/α-hetero) is 3. The summed E-state index contributed by atoms with van der Waals surface area (Å²) in [5.41, 5.74) is 5.93. The van der Waals surface area contributed by atoms with E-state index in [1.54, 1.807) is 26.0 Å². The van der Waals surface area contributed by atoms with Crippen molar-refractivity contribution in [2.75, 3.05) is 13.2 Å². The number of rotatable bonds is 10. The molecule has 92 heavy (non-hydrogen) atoms. The fourth-order valence-electron chi connectivity index (χ4n) is 13.5. The first-order chi connectivity index (χ1) is 43.3. The van der Waals surface area contributed by atoms with Gasteiger partial charge in [0.2, 0.25) is 11.7 Å². The Hall–Kier alpha value is -7.49. The normalized spacial score (nSPS) is 26.4. The minimum atomic E-state index is -4.85. The van der Waals surface area contributed by atoms with E-state index in [-0.39, 0.29) is 84.0 Å². The van der Waals surface area contributed by atoms with Crippen LogP contribution in [0.2, 0.25) is 0 Å². The predicted molar refractivity (Wildman–Crippen MR) is 303 cm³/mol. The summed E-state index contributed by atoms with van der Waals surface area (Å²) in [4.78, 5) is 71.8. The van der Waals surface area contributed by atoms with Crippen LogP contribution in [0.25, 0.3) is 11.1 Å². The molecule has 5 aromatic rings. The number of halogens is 12. The van der Waals surface area contributed by atoms with Crippen LogP contribution in [-0.4, -0.2) is 95.8 Å². The number of H-pyrrole nitrogens is 1. The molecule has 0 radical (unpaired) electrons. The van der Waals surface area contributed by atoms with Gasteiger partial charge in [-0.1, -0.05) is 12.1 Å². The molecule has 3 heterocycles. The zero-order valence-electron chi connectivity index (χ0n) is 50.2. The van der Waals surface area contributed by atoms with Gasteiger partial charge in [-0.3, -0.25) is 43.5 Å². The van der Waals surface area contributed by atoms with E-state index < -0.39 is 89.3 Å². The molecule has 2 aromatic carbocycles. The largest absolute Gasteiger partial charge is 0.466 e. The molecule has 15 rings (SSSR count). The lowest BCUT2D eigenvalue weighted by atomic mass is 9.94. The fraction of sp³-hybridized carbons (Fsp3) is 0.547. The second-order valence-corrected chi connectivity index (χ2v) is 24.8. The number of aliphatic hydroxyl groups is 2. The van der Waals surface area contributed by atoms with Gasteiger partial charge in [0, 0.05) is 84.0 Å². The summed E-state index contributed by atoms with van der Waals surface area (Å²) in [7, 11) is 0. The summed E-state index contributed by atoms with van der Waals surface area (Å²) in [6.07, 6.45) is -2.10. The Morgan fingerprint density at radius 1 is 0.772 bits per heavy atom. The zero-order valence-corrected chi connectivity index (χ0v) is 50.2. The molecule has 10 aliphatic rings. The molecule has 8 saturated carbocycles. The standard InChI is InChI=1S/C30H23F6N5O2.C8H7F3N2.C8H7F3O2.C6H10O.C6H8O.C4H8O2.C2H6O/c31-17-6-14(7-18(32)12-17)8-24(26-19(2-1-5-38-26)15-3-4-23(33)21(9-15)29(37)43)39-25(42)13-41-27-20-10-16(20)11-22(27)28(40-41)30(34,35)36;9-8(10,11)7-5-2-3-1-4(3)6(5)12-13-7;9-8(10,11)7(13)5-2-3-1-4(3)6(5)12;2*7-6-2-1-4-3-5(4)6;1-3-6-4(2)5;1-2-3/h1-7,9,12,16,20,24H,8,10-11,13H2,(H2,37,43)(H,39,42);3-4H,1-2H2,(H,12,13);3-5H,1-2H2;4-7H,1-3H2;4-5H,1-3H2;3H2,1-2H3;3H,2H2,1H3/t16?,20?,24-;;;;;;/m0....../s1. The first-order valence-corrected chi connectivity index (χ1v) is 30.5. The Bertz CT molecular complexity index is 3570. The maximum atomic E-state index is 14.2. The maximum absolute atomic E-state index is 14.2. The molecule has 6 N–H and O–H groups in total. The molecule has 3 aromatic heterocycles. The fourth-order valence-corrected chi connectivity index (χ4v) is 13.5. The van der Waals surface area contributed by atoms with Crippen LogP contribution >= 0.6 is 0 Å². The number of alkyl halides is 9. The van der Waals surface area contributed by atoms with Gasteiger partial charge >= 0.3 is 24.5 Å². The number of carbonyl (C=O) groups excluding carboxylic acids is 6. The van der Waals surface area contributed by atoms with E-state index in [9.17, 15) is 81.5 Å². The van der Waals surface area contributed by atoms with Gasteiger partial charge in [-0.15, -0.1) is 0 Å². The van der Waals surface area contributed by atoms with E-state index in [0.717, 1.165) is 72.0 Å². The number of pyridine rings is 1. The van der Waals surface area contributed by atoms with Crippen molar-refractivity contribution in [1.29, 1.82) is 0 Å². The Morgan fingerprint density at radius 2 is 1.41 bits per heavy atom. The number of amides is 2. The summed E-state index contributed by atoms with van der Waals surface area (Å²) in [6, 6.07) is 8.59. The minimum Gasteiger partial charge on any atom is -0.466 e. The summed E-state index contributed by atoms with van der Waals surface area (Å²) in [6.45, 7) is 5.06. The zero-order chi connectivity index (χ0) is 67.1. The molecule has 16 nitrogen and oxygen atoms in total. The number of fused-ring (bicyclic) bond motifs is 9. The topological polar surface area (TPSA) is 250 Å². The highest BCUT2D eigenvalue weighted by atomic mass is 19.4. The monoisotopic (exact) mass is 1310 g/mol. The summed E-state index contributed by atoms with van der Waals surface area (Å²) >= 11 is 0. The van der Waals surface area contributed by atoms with E-state index in [4.69, 9.17) is 15.9 Å². The number of nitrogens with zero attached hydrogens (tertiary/aromatic N) is 4. The molecule has 0 bridgehead atoms. The number of primary amides is 1. The number of esters is 1. The van der Waals surface area contributed by atoms with Crippen molar-refractivity contribution < 1.29 is 96.4 Å². The van der Waals surface area contributed by atoms with Gasteiger partial charge in [-0.25, -0.2) is 13.2 Å². The molecular formula is C64H69F12N7O9. The number of aromatic nitrogens is 5. The van der Waals surface area contributed by atoms with Gasteiger partial charge < -0.3 is 26.0 Å². The average Bonchev–Trinajstić information content (AvgIpc) is 1.57. The SMILES string of the molecule is CCO.CCOC(C)=O.FC(F)(F)c1n[nH]c2c1CC1CC21.NC(=O)c1cc(-c2cccnc2[C@H](Cc2cc(F)cc(F)c2)NC(=O)Cn2nc(C(F)(F)F)c3c2C2CC2C3)ccc1F.O=C1C(C(=O)C(F)(F)F)CC2CC12.O=C1CCC2CC12.OC1CCC2CC12. The van der Waals surface area contributed by atoms with Crippen LogP contribution < -0.4 is 11.1 Å². The second-order valence-electron chi connectivity index (χ2n) is 24.8. The first-order valence-electron chi connectivity index (χ1n) is 30.5. The number of hydrogen-bond donors (Lipinski definition) is 5. The highest BCUT2D eigenvalue weighted by Crippen LogP contribution is 2.59. The van der Waals surface area contributed by atoms with Gasteiger partial charge in [0.1, 0.15) is 35.6 Å². The first kappa shape index (κ1) is 68.9. The molecule has 498 valence electrons. The lowest BCUT2D eigenvalue weighted by molar-refractivity contribution is -0.176. The Labute approximate surface area is 519 Å². The number of nitrogens with one attached hydrogen (secondary N) is 2. The number of aromatic amines is 1. The van der Waals surface area contributed by atoms with Crippen molar-refractivity contribution in [3.8, 4) is 11.1 Å². The van der Waals surface area contributed by atoms with E-state index in [0.29, 0.717) is 71.4 Å². The van der Waals surface area contributed by atoms with Crippen LogP contribution in [0.15, 0.2) is 54.7 Å². The molecule has 28 heteroatoms. The van der Waals surface area contributed by atoms with E-state index in [2.05, 4.69) is 30.3 Å². The Balaban J connectivity index is 0.000000162. The van der Waals surface area contributed by atoms with Crippen LogP contribution in [-0.2, 0) is 66.9 Å². The highest BCUT2D eigenvalue weighted by Gasteiger charge is 2.60. The molecule has 10 aliphatic carbocycles. The molecule has 8 fully saturated rings. The molecule has 12 unspecified atom stereocenters. The summed E-state index contributed by atoms with van der Waals surface area (Å²) in [5, 5.41) is 28.9. The van der Waals surface area contributed by atoms with Crippen LogP contribution in [0.1, 0.15) is 158 Å². The third kappa shape index (κ3) is 16.5. The smallest absolute Gasteiger partial charge is 0.450 e. The van der Waals surface area contributed by atoms with Gasteiger partial charge in [0.05, 0.1) is 35.9 Å². The number of aliphatic hydroxyl groups excluding tert-OH is 2. The summed E-state index contributed by atoms with van der Waals surface area (Å²) < 4.78 is 162. The lowest BCUT2D eigenvalue weighted by Gasteiger charge is -2.22. The Kier molecular flexibility index (Phi) is 20.7. The van der Waals surface area contributed by atoms with Gasteiger partial charge in [0.25, 0.3) is 5.91 Å². The van der Waals surface area contributed by atoms with E-state index >= 15 is 0 Å². The average molecular weight is 1310 g/mol. The number of carbonyl (C=O) groups is 6. The van der Waals surface area contributed by atoms with Crippen molar-refractivity contribution in [2.45, 2.75) is 153 Å². The van der Waals surface area contributed by atoms with E-state index in [1.807, 2.05) is 0 Å². The summed E-state index contributed by atoms with van der Waals surface area (Å²) in [5.74, 6) is -3.96. The van der Waals surface area contributed by atoms with Crippen molar-refractivity contribution >= 4 is 35.1 Å². The van der Waals surface area contributed by atoms with Gasteiger partial charge in [-0.05, 0) is 168 Å². The molecule has 0 spiro atoms. The van der Waals surface area contributed by atoms with Crippen molar-refractivity contribution in [2.24, 2.45) is 59.0 Å². The highest BCUT2D eigenvalue weighted by molar-refractivity contribution is 6.08. The Morgan fingerprint density at radius 3 is 1.91 bits per heavy atom. The quantitative estimate of drug-likeness (QED) is 0.0498. The van der Waals surface area contributed by atoms with E-state index in [1.165, 1.54) is 50.9 Å². The second kappa shape index (κ2) is 27.6. The molecule has 2 amide bonds. The van der Waals surface area contributed by atoms with Crippen molar-refractivity contribution in [1.82, 2.24) is 30.3 Å². The number of hydrogen-bond acceptors (Lipinski definition) is 12.